The molecule has 0 spiro atoms. The van der Waals surface area contributed by atoms with E-state index in [0.717, 1.165) is 5.56 Å². The van der Waals surface area contributed by atoms with E-state index in [2.05, 4.69) is 15.9 Å². The summed E-state index contributed by atoms with van der Waals surface area (Å²) in [6.45, 7) is 1.89. The molecule has 0 aliphatic heterocycles. The zero-order valence-corrected chi connectivity index (χ0v) is 11.4. The molecule has 0 saturated carbocycles. The lowest BCUT2D eigenvalue weighted by Crippen LogP contribution is -1.98. The molecular weight excluding hydrogens is 294 g/mol. The smallest absolute Gasteiger partial charge is 0.258 e. The molecule has 0 aromatic heterocycles. The number of nitro groups is 1. The second kappa shape index (κ2) is 5.31. The van der Waals surface area contributed by atoms with Gasteiger partial charge in [-0.25, -0.2) is 0 Å². The van der Waals surface area contributed by atoms with Gasteiger partial charge in [-0.05, 0) is 18.6 Å². The van der Waals surface area contributed by atoms with Gasteiger partial charge in [-0.3, -0.25) is 10.1 Å². The van der Waals surface area contributed by atoms with Crippen molar-refractivity contribution in [2.75, 3.05) is 0 Å². The molecule has 0 aliphatic carbocycles. The Morgan fingerprint density at radius 1 is 1.11 bits per heavy atom. The van der Waals surface area contributed by atoms with Crippen molar-refractivity contribution in [2.24, 2.45) is 0 Å². The third kappa shape index (κ3) is 2.43. The Hall–Kier alpha value is -1.68. The summed E-state index contributed by atoms with van der Waals surface area (Å²) >= 11 is 3.40. The maximum Gasteiger partial charge on any atom is 0.281 e. The third-order valence-corrected chi connectivity index (χ3v) is 3.26. The monoisotopic (exact) mass is 305 g/mol. The predicted molar refractivity (Wildman–Crippen MR) is 75.9 cm³/mol. The number of hydrogen-bond acceptors (Lipinski definition) is 2. The minimum Gasteiger partial charge on any atom is -0.258 e. The van der Waals surface area contributed by atoms with Crippen LogP contribution in [0.25, 0.3) is 11.1 Å². The van der Waals surface area contributed by atoms with Crippen LogP contribution in [0.3, 0.4) is 0 Å². The SMILES string of the molecule is CC(Br)c1cccc(-c2ccccc2)c1[N+](=O)[O-]. The summed E-state index contributed by atoms with van der Waals surface area (Å²) in [5.74, 6) is 0. The first-order valence-corrected chi connectivity index (χ1v) is 6.49. The van der Waals surface area contributed by atoms with Gasteiger partial charge in [0.25, 0.3) is 5.69 Å². The molecule has 0 bridgehead atoms. The van der Waals surface area contributed by atoms with E-state index >= 15 is 0 Å². The molecule has 2 aromatic carbocycles. The van der Waals surface area contributed by atoms with Crippen LogP contribution in [0.15, 0.2) is 48.5 Å². The van der Waals surface area contributed by atoms with Gasteiger partial charge in [0.05, 0.1) is 10.5 Å². The second-order valence-corrected chi connectivity index (χ2v) is 5.36. The van der Waals surface area contributed by atoms with Crippen molar-refractivity contribution in [2.45, 2.75) is 11.8 Å². The second-order valence-electron chi connectivity index (χ2n) is 3.98. The predicted octanol–water partition coefficient (Wildman–Crippen LogP) is 4.72. The quantitative estimate of drug-likeness (QED) is 0.468. The summed E-state index contributed by atoms with van der Waals surface area (Å²) in [5, 5.41) is 11.3. The Bertz CT molecular complexity index is 567. The molecular formula is C14H12BrNO2. The van der Waals surface area contributed by atoms with Gasteiger partial charge in [-0.1, -0.05) is 58.4 Å². The van der Waals surface area contributed by atoms with Crippen LogP contribution in [0.5, 0.6) is 0 Å². The van der Waals surface area contributed by atoms with Gasteiger partial charge in [-0.15, -0.1) is 0 Å². The van der Waals surface area contributed by atoms with Gasteiger partial charge < -0.3 is 0 Å². The average molecular weight is 306 g/mol. The van der Waals surface area contributed by atoms with Crippen molar-refractivity contribution in [3.05, 3.63) is 64.2 Å². The van der Waals surface area contributed by atoms with Crippen molar-refractivity contribution < 1.29 is 4.92 Å². The fourth-order valence-corrected chi connectivity index (χ4v) is 2.31. The van der Waals surface area contributed by atoms with Gasteiger partial charge >= 0.3 is 0 Å². The van der Waals surface area contributed by atoms with Crippen molar-refractivity contribution in [1.82, 2.24) is 0 Å². The minimum absolute atomic E-state index is 0.0541. The molecule has 0 saturated heterocycles. The van der Waals surface area contributed by atoms with Crippen LogP contribution in [0.4, 0.5) is 5.69 Å². The van der Waals surface area contributed by atoms with E-state index in [-0.39, 0.29) is 15.4 Å². The third-order valence-electron chi connectivity index (χ3n) is 2.76. The molecule has 4 heteroatoms. The molecule has 92 valence electrons. The van der Waals surface area contributed by atoms with E-state index in [1.165, 1.54) is 0 Å². The lowest BCUT2D eigenvalue weighted by molar-refractivity contribution is -0.384. The highest BCUT2D eigenvalue weighted by molar-refractivity contribution is 9.09. The number of alkyl halides is 1. The molecule has 1 unspecified atom stereocenters. The molecule has 2 rings (SSSR count). The molecule has 18 heavy (non-hydrogen) atoms. The Morgan fingerprint density at radius 2 is 1.78 bits per heavy atom. The Morgan fingerprint density at radius 3 is 2.33 bits per heavy atom. The molecule has 0 heterocycles. The van der Waals surface area contributed by atoms with Gasteiger partial charge in [0, 0.05) is 10.4 Å². The molecule has 0 aliphatic rings. The zero-order chi connectivity index (χ0) is 13.1. The van der Waals surface area contributed by atoms with E-state index in [9.17, 15) is 10.1 Å². The molecule has 0 N–H and O–H groups in total. The summed E-state index contributed by atoms with van der Waals surface area (Å²) in [5.41, 5.74) is 2.39. The number of benzene rings is 2. The van der Waals surface area contributed by atoms with Crippen molar-refractivity contribution in [1.29, 1.82) is 0 Å². The van der Waals surface area contributed by atoms with Gasteiger partial charge in [0.1, 0.15) is 0 Å². The lowest BCUT2D eigenvalue weighted by Gasteiger charge is -2.09. The standard InChI is InChI=1S/C14H12BrNO2/c1-10(15)12-8-5-9-13(14(12)16(17)18)11-6-3-2-4-7-11/h2-10H,1H3. The fraction of sp³-hybridized carbons (Fsp3) is 0.143. The van der Waals surface area contributed by atoms with E-state index in [1.807, 2.05) is 43.3 Å². The first kappa shape index (κ1) is 12.8. The maximum absolute atomic E-state index is 11.3. The average Bonchev–Trinajstić information content (AvgIpc) is 2.38. The number of para-hydroxylation sites is 1. The highest BCUT2D eigenvalue weighted by atomic mass is 79.9. The number of rotatable bonds is 3. The van der Waals surface area contributed by atoms with E-state index in [4.69, 9.17) is 0 Å². The first-order valence-electron chi connectivity index (χ1n) is 5.58. The van der Waals surface area contributed by atoms with Crippen LogP contribution in [-0.4, -0.2) is 4.92 Å². The van der Waals surface area contributed by atoms with Gasteiger partial charge in [0.2, 0.25) is 0 Å². The summed E-state index contributed by atoms with van der Waals surface area (Å²) in [4.78, 5) is 10.9. The van der Waals surface area contributed by atoms with Gasteiger partial charge in [-0.2, -0.15) is 0 Å². The normalized spacial score (nSPS) is 12.1. The van der Waals surface area contributed by atoms with E-state index in [1.54, 1.807) is 12.1 Å². The molecule has 1 atom stereocenters. The van der Waals surface area contributed by atoms with Crippen LogP contribution in [0, 0.1) is 10.1 Å². The van der Waals surface area contributed by atoms with Crippen molar-refractivity contribution in [3.63, 3.8) is 0 Å². The lowest BCUT2D eigenvalue weighted by atomic mass is 9.99. The number of nitrogens with zero attached hydrogens (tertiary/aromatic N) is 1. The summed E-state index contributed by atoms with van der Waals surface area (Å²) < 4.78 is 0. The van der Waals surface area contributed by atoms with Gasteiger partial charge in [0.15, 0.2) is 0 Å². The molecule has 3 nitrogen and oxygen atoms in total. The van der Waals surface area contributed by atoms with Crippen LogP contribution in [0.2, 0.25) is 0 Å². The number of nitro benzene ring substituents is 1. The fourth-order valence-electron chi connectivity index (χ4n) is 1.94. The number of halogens is 1. The summed E-state index contributed by atoms with van der Waals surface area (Å²) in [6.07, 6.45) is 0. The molecule has 0 radical (unpaired) electrons. The van der Waals surface area contributed by atoms with Crippen molar-refractivity contribution in [3.8, 4) is 11.1 Å². The largest absolute Gasteiger partial charge is 0.281 e. The Kier molecular flexibility index (Phi) is 3.77. The summed E-state index contributed by atoms with van der Waals surface area (Å²) in [7, 11) is 0. The topological polar surface area (TPSA) is 43.1 Å². The van der Waals surface area contributed by atoms with E-state index < -0.39 is 0 Å². The van der Waals surface area contributed by atoms with Crippen molar-refractivity contribution >= 4 is 21.6 Å². The minimum atomic E-state index is -0.310. The first-order chi connectivity index (χ1) is 8.61. The highest BCUT2D eigenvalue weighted by Crippen LogP contribution is 2.38. The van der Waals surface area contributed by atoms with Crippen LogP contribution >= 0.6 is 15.9 Å². The maximum atomic E-state index is 11.3. The molecule has 0 amide bonds. The van der Waals surface area contributed by atoms with E-state index in [0.29, 0.717) is 11.1 Å². The summed E-state index contributed by atoms with van der Waals surface area (Å²) in [6, 6.07) is 14.8. The molecule has 0 fully saturated rings. The zero-order valence-electron chi connectivity index (χ0n) is 9.84. The Balaban J connectivity index is 2.68. The van der Waals surface area contributed by atoms with Crippen LogP contribution in [-0.2, 0) is 0 Å². The van der Waals surface area contributed by atoms with Crippen LogP contribution < -0.4 is 0 Å². The number of hydrogen-bond donors (Lipinski definition) is 0. The van der Waals surface area contributed by atoms with Crippen LogP contribution in [0.1, 0.15) is 17.3 Å². The highest BCUT2D eigenvalue weighted by Gasteiger charge is 2.22. The molecule has 2 aromatic rings. The Labute approximate surface area is 114 Å².